The van der Waals surface area contributed by atoms with E-state index in [2.05, 4.69) is 15.6 Å². The molecular formula is C13H16ClN5O. The number of nitrogens with zero attached hydrogens (tertiary/aromatic N) is 3. The number of rotatable bonds is 5. The van der Waals surface area contributed by atoms with Gasteiger partial charge < -0.3 is 11.1 Å². The van der Waals surface area contributed by atoms with E-state index in [0.717, 1.165) is 5.56 Å². The second-order valence-corrected chi connectivity index (χ2v) is 4.89. The van der Waals surface area contributed by atoms with Crippen molar-refractivity contribution >= 4 is 17.5 Å². The molecule has 0 saturated carbocycles. The Labute approximate surface area is 121 Å². The van der Waals surface area contributed by atoms with Crippen LogP contribution in [0, 0.1) is 0 Å². The van der Waals surface area contributed by atoms with Crippen LogP contribution in [0.5, 0.6) is 0 Å². The van der Waals surface area contributed by atoms with Crippen LogP contribution >= 0.6 is 11.6 Å². The van der Waals surface area contributed by atoms with Gasteiger partial charge in [-0.15, -0.1) is 5.10 Å². The first-order valence-corrected chi connectivity index (χ1v) is 6.60. The second kappa shape index (κ2) is 6.49. The molecule has 0 radical (unpaired) electrons. The van der Waals surface area contributed by atoms with Crippen molar-refractivity contribution in [2.45, 2.75) is 26.1 Å². The Morgan fingerprint density at radius 1 is 1.45 bits per heavy atom. The molecule has 0 aliphatic rings. The maximum atomic E-state index is 11.9. The maximum absolute atomic E-state index is 11.9. The molecule has 2 aromatic rings. The van der Waals surface area contributed by atoms with E-state index in [0.29, 0.717) is 17.3 Å². The van der Waals surface area contributed by atoms with Gasteiger partial charge in [0.05, 0.1) is 17.9 Å². The average Bonchev–Trinajstić information content (AvgIpc) is 2.86. The average molecular weight is 294 g/mol. The van der Waals surface area contributed by atoms with Gasteiger partial charge >= 0.3 is 0 Å². The van der Waals surface area contributed by atoms with Crippen molar-refractivity contribution < 1.29 is 4.79 Å². The third kappa shape index (κ3) is 3.79. The SMILES string of the molecule is C[C@@H](NC(=O)Cn1cc(CN)nn1)c1ccc(Cl)cc1. The highest BCUT2D eigenvalue weighted by Crippen LogP contribution is 2.15. The first kappa shape index (κ1) is 14.5. The Morgan fingerprint density at radius 3 is 2.75 bits per heavy atom. The number of carbonyl (C=O) groups excluding carboxylic acids is 1. The van der Waals surface area contributed by atoms with Crippen LogP contribution < -0.4 is 11.1 Å². The topological polar surface area (TPSA) is 85.8 Å². The number of hydrogen-bond donors (Lipinski definition) is 2. The minimum absolute atomic E-state index is 0.0998. The van der Waals surface area contributed by atoms with E-state index in [9.17, 15) is 4.79 Å². The van der Waals surface area contributed by atoms with Crippen molar-refractivity contribution in [3.8, 4) is 0 Å². The third-order valence-electron chi connectivity index (χ3n) is 2.85. The predicted octanol–water partition coefficient (Wildman–Crippen LogP) is 1.27. The number of nitrogens with one attached hydrogen (secondary N) is 1. The summed E-state index contributed by atoms with van der Waals surface area (Å²) in [5.74, 6) is -0.138. The van der Waals surface area contributed by atoms with E-state index in [4.69, 9.17) is 17.3 Å². The molecule has 20 heavy (non-hydrogen) atoms. The van der Waals surface area contributed by atoms with E-state index in [-0.39, 0.29) is 18.5 Å². The lowest BCUT2D eigenvalue weighted by Crippen LogP contribution is -2.30. The quantitative estimate of drug-likeness (QED) is 0.869. The molecule has 0 unspecified atom stereocenters. The van der Waals surface area contributed by atoms with E-state index >= 15 is 0 Å². The summed E-state index contributed by atoms with van der Waals surface area (Å²) in [6, 6.07) is 7.26. The molecule has 0 bridgehead atoms. The normalized spacial score (nSPS) is 12.2. The molecule has 1 aromatic heterocycles. The molecule has 6 nitrogen and oxygen atoms in total. The van der Waals surface area contributed by atoms with Crippen LogP contribution in [-0.2, 0) is 17.9 Å². The summed E-state index contributed by atoms with van der Waals surface area (Å²) in [7, 11) is 0. The molecule has 0 aliphatic heterocycles. The van der Waals surface area contributed by atoms with Gasteiger partial charge in [0.2, 0.25) is 5.91 Å². The van der Waals surface area contributed by atoms with Gasteiger partial charge in [0.15, 0.2) is 0 Å². The predicted molar refractivity (Wildman–Crippen MR) is 75.9 cm³/mol. The molecule has 7 heteroatoms. The number of hydrogen-bond acceptors (Lipinski definition) is 4. The van der Waals surface area contributed by atoms with Crippen LogP contribution in [0.25, 0.3) is 0 Å². The molecule has 106 valence electrons. The van der Waals surface area contributed by atoms with E-state index in [1.165, 1.54) is 4.68 Å². The van der Waals surface area contributed by atoms with Crippen LogP contribution in [-0.4, -0.2) is 20.9 Å². The third-order valence-corrected chi connectivity index (χ3v) is 3.10. The largest absolute Gasteiger partial charge is 0.348 e. The van der Waals surface area contributed by atoms with Gasteiger partial charge in [0.25, 0.3) is 0 Å². The van der Waals surface area contributed by atoms with Crippen LogP contribution in [0.2, 0.25) is 5.02 Å². The van der Waals surface area contributed by atoms with Crippen LogP contribution in [0.4, 0.5) is 0 Å². The molecule has 0 saturated heterocycles. The Balaban J connectivity index is 1.92. The van der Waals surface area contributed by atoms with Gasteiger partial charge in [-0.05, 0) is 24.6 Å². The number of amides is 1. The first-order valence-electron chi connectivity index (χ1n) is 6.22. The Hall–Kier alpha value is -1.92. The molecule has 0 spiro atoms. The van der Waals surface area contributed by atoms with Gasteiger partial charge in [-0.1, -0.05) is 28.9 Å². The fourth-order valence-corrected chi connectivity index (χ4v) is 1.90. The molecule has 0 aliphatic carbocycles. The molecule has 1 aromatic carbocycles. The summed E-state index contributed by atoms with van der Waals surface area (Å²) < 4.78 is 1.46. The molecule has 2 rings (SSSR count). The fourth-order valence-electron chi connectivity index (χ4n) is 1.78. The first-order chi connectivity index (χ1) is 9.58. The summed E-state index contributed by atoms with van der Waals surface area (Å²) in [5.41, 5.74) is 7.08. The van der Waals surface area contributed by atoms with Crippen molar-refractivity contribution in [2.75, 3.05) is 0 Å². The van der Waals surface area contributed by atoms with Gasteiger partial charge in [-0.25, -0.2) is 4.68 Å². The summed E-state index contributed by atoms with van der Waals surface area (Å²) in [6.07, 6.45) is 1.66. The van der Waals surface area contributed by atoms with Crippen molar-refractivity contribution in [1.82, 2.24) is 20.3 Å². The Morgan fingerprint density at radius 2 is 2.15 bits per heavy atom. The van der Waals surface area contributed by atoms with E-state index < -0.39 is 0 Å². The molecule has 0 fully saturated rings. The molecule has 1 heterocycles. The van der Waals surface area contributed by atoms with Crippen molar-refractivity contribution in [3.05, 3.63) is 46.7 Å². The fraction of sp³-hybridized carbons (Fsp3) is 0.308. The number of halogens is 1. The van der Waals surface area contributed by atoms with Crippen LogP contribution in [0.15, 0.2) is 30.5 Å². The van der Waals surface area contributed by atoms with Crippen molar-refractivity contribution in [1.29, 1.82) is 0 Å². The van der Waals surface area contributed by atoms with Crippen molar-refractivity contribution in [3.63, 3.8) is 0 Å². The zero-order valence-electron chi connectivity index (χ0n) is 11.1. The van der Waals surface area contributed by atoms with Crippen molar-refractivity contribution in [2.24, 2.45) is 5.73 Å². The highest BCUT2D eigenvalue weighted by molar-refractivity contribution is 6.30. The monoisotopic (exact) mass is 293 g/mol. The highest BCUT2D eigenvalue weighted by atomic mass is 35.5. The number of carbonyl (C=O) groups is 1. The summed E-state index contributed by atoms with van der Waals surface area (Å²) >= 11 is 5.83. The number of aromatic nitrogens is 3. The summed E-state index contributed by atoms with van der Waals surface area (Å²) in [4.78, 5) is 11.9. The second-order valence-electron chi connectivity index (χ2n) is 4.45. The Kier molecular flexibility index (Phi) is 4.70. The van der Waals surface area contributed by atoms with Gasteiger partial charge in [-0.3, -0.25) is 4.79 Å². The van der Waals surface area contributed by atoms with Gasteiger partial charge in [0.1, 0.15) is 6.54 Å². The van der Waals surface area contributed by atoms with Crippen LogP contribution in [0.3, 0.4) is 0 Å². The smallest absolute Gasteiger partial charge is 0.242 e. The summed E-state index contributed by atoms with van der Waals surface area (Å²) in [6.45, 7) is 2.33. The number of benzene rings is 1. The maximum Gasteiger partial charge on any atom is 0.242 e. The Bertz CT molecular complexity index is 581. The lowest BCUT2D eigenvalue weighted by atomic mass is 10.1. The van der Waals surface area contributed by atoms with Gasteiger partial charge in [0, 0.05) is 11.6 Å². The molecule has 3 N–H and O–H groups in total. The number of nitrogens with two attached hydrogens (primary N) is 1. The van der Waals surface area contributed by atoms with Crippen LogP contribution in [0.1, 0.15) is 24.2 Å². The zero-order chi connectivity index (χ0) is 14.5. The highest BCUT2D eigenvalue weighted by Gasteiger charge is 2.11. The summed E-state index contributed by atoms with van der Waals surface area (Å²) in [5, 5.41) is 11.2. The molecular weight excluding hydrogens is 278 g/mol. The zero-order valence-corrected chi connectivity index (χ0v) is 11.8. The molecule has 1 atom stereocenters. The molecule has 1 amide bonds. The van der Waals surface area contributed by atoms with Gasteiger partial charge in [-0.2, -0.15) is 0 Å². The van der Waals surface area contributed by atoms with E-state index in [1.807, 2.05) is 19.1 Å². The standard InChI is InChI=1S/C13H16ClN5O/c1-9(10-2-4-11(14)5-3-10)16-13(20)8-19-7-12(6-15)17-18-19/h2-5,7,9H,6,8,15H2,1H3,(H,16,20)/t9-/m1/s1. The minimum atomic E-state index is -0.138. The lowest BCUT2D eigenvalue weighted by Gasteiger charge is -2.14. The minimum Gasteiger partial charge on any atom is -0.348 e. The lowest BCUT2D eigenvalue weighted by molar-refractivity contribution is -0.122. The van der Waals surface area contributed by atoms with E-state index in [1.54, 1.807) is 18.3 Å².